The first-order valence-corrected chi connectivity index (χ1v) is 11.3. The van der Waals surface area contributed by atoms with Crippen molar-refractivity contribution in [2.45, 2.75) is 16.6 Å². The highest BCUT2D eigenvalue weighted by atomic mass is 35.5. The van der Waals surface area contributed by atoms with Gasteiger partial charge in [0.05, 0.1) is 27.6 Å². The van der Waals surface area contributed by atoms with Crippen molar-refractivity contribution in [1.29, 1.82) is 5.26 Å². The molecule has 3 rings (SSSR count). The first kappa shape index (κ1) is 28.2. The third kappa shape index (κ3) is 6.71. The number of benzene rings is 2. The van der Waals surface area contributed by atoms with Crippen LogP contribution in [0.15, 0.2) is 46.3 Å². The highest BCUT2D eigenvalue weighted by Gasteiger charge is 2.36. The van der Waals surface area contributed by atoms with E-state index in [2.05, 4.69) is 10.1 Å². The third-order valence-corrected chi connectivity index (χ3v) is 5.86. The number of rotatable bonds is 6. The quantitative estimate of drug-likeness (QED) is 0.182. The van der Waals surface area contributed by atoms with E-state index in [0.717, 1.165) is 6.21 Å². The van der Waals surface area contributed by atoms with E-state index >= 15 is 0 Å². The molecule has 0 aliphatic heterocycles. The third-order valence-electron chi connectivity index (χ3n) is 4.47. The van der Waals surface area contributed by atoms with Crippen molar-refractivity contribution in [2.24, 2.45) is 4.99 Å². The largest absolute Gasteiger partial charge is 0.504 e. The lowest BCUT2D eigenvalue weighted by Crippen LogP contribution is -2.07. The predicted octanol–water partition coefficient (Wildman–Crippen LogP) is 7.81. The number of phenols is 1. The van der Waals surface area contributed by atoms with Crippen molar-refractivity contribution < 1.29 is 36.2 Å². The Morgan fingerprint density at radius 3 is 2.32 bits per heavy atom. The van der Waals surface area contributed by atoms with Crippen LogP contribution in [0.5, 0.6) is 11.5 Å². The van der Waals surface area contributed by atoms with Crippen molar-refractivity contribution in [3.05, 3.63) is 63.3 Å². The van der Waals surface area contributed by atoms with Crippen LogP contribution in [0.2, 0.25) is 10.0 Å². The maximum Gasteiger partial charge on any atom is 0.446 e. The number of alkyl halides is 6. The molecule has 0 aliphatic carbocycles. The van der Waals surface area contributed by atoms with Crippen LogP contribution in [0.4, 0.5) is 32.2 Å². The van der Waals surface area contributed by atoms with Gasteiger partial charge in [-0.25, -0.2) is 9.67 Å². The monoisotopic (exact) mass is 580 g/mol. The molecule has 0 aliphatic rings. The topological polar surface area (TPSA) is 83.4 Å². The number of ether oxygens (including phenoxy) is 1. The van der Waals surface area contributed by atoms with Crippen LogP contribution < -0.4 is 4.74 Å². The molecular formula is C22H12Cl2F6N4O2S. The molecular weight excluding hydrogens is 569 g/mol. The smallest absolute Gasteiger partial charge is 0.446 e. The Labute approximate surface area is 219 Å². The average molecular weight is 581 g/mol. The molecule has 0 bridgehead atoms. The van der Waals surface area contributed by atoms with Gasteiger partial charge in [0, 0.05) is 6.21 Å². The fraction of sp³-hybridized carbons (Fsp3) is 0.136. The Balaban J connectivity index is 2.14. The maximum absolute atomic E-state index is 13.2. The molecule has 0 amide bonds. The lowest BCUT2D eigenvalue weighted by Gasteiger charge is -2.13. The van der Waals surface area contributed by atoms with Crippen LogP contribution in [0.3, 0.4) is 0 Å². The molecule has 0 atom stereocenters. The Morgan fingerprint density at radius 2 is 1.78 bits per heavy atom. The Hall–Kier alpha value is -3.34. The molecule has 2 aromatic carbocycles. The fourth-order valence-electron chi connectivity index (χ4n) is 2.94. The fourth-order valence-corrected chi connectivity index (χ4v) is 4.24. The molecule has 0 fully saturated rings. The number of hydrogen-bond acceptors (Lipinski definition) is 6. The molecule has 6 nitrogen and oxygen atoms in total. The molecule has 15 heteroatoms. The van der Waals surface area contributed by atoms with E-state index < -0.39 is 61.1 Å². The predicted molar refractivity (Wildman–Crippen MR) is 127 cm³/mol. The second-order valence-electron chi connectivity index (χ2n) is 6.93. The lowest BCUT2D eigenvalue weighted by atomic mass is 10.2. The molecule has 37 heavy (non-hydrogen) atoms. The Morgan fingerprint density at radius 1 is 1.14 bits per heavy atom. The van der Waals surface area contributed by atoms with E-state index in [-0.39, 0.29) is 11.5 Å². The van der Waals surface area contributed by atoms with Crippen LogP contribution in [-0.2, 0) is 6.18 Å². The van der Waals surface area contributed by atoms with Gasteiger partial charge >= 0.3 is 11.7 Å². The van der Waals surface area contributed by atoms with E-state index in [0.29, 0.717) is 22.4 Å². The number of aromatic hydroxyl groups is 1. The van der Waals surface area contributed by atoms with Gasteiger partial charge in [-0.2, -0.15) is 36.7 Å². The molecule has 0 saturated heterocycles. The molecule has 0 spiro atoms. The van der Waals surface area contributed by atoms with Gasteiger partial charge in [0.1, 0.15) is 11.8 Å². The van der Waals surface area contributed by atoms with Crippen LogP contribution in [0.1, 0.15) is 16.8 Å². The number of thioether (sulfide) groups is 1. The Bertz CT molecular complexity index is 1410. The van der Waals surface area contributed by atoms with Gasteiger partial charge < -0.3 is 9.84 Å². The summed E-state index contributed by atoms with van der Waals surface area (Å²) in [4.78, 5) is 3.25. The molecule has 3 aromatic rings. The second-order valence-corrected chi connectivity index (χ2v) is 8.82. The van der Waals surface area contributed by atoms with Gasteiger partial charge in [0.15, 0.2) is 23.0 Å². The standard InChI is InChI=1S/C22H12Cl2F6N4O2S/c1-36-17-7-11(4-5-16(17)35)3-2-6-32-20-19(37-22(28,29)30)15(10-31)33-34(20)18-13(23)8-12(9-14(18)24)21(25,26)27/h2-9,35H,1H3. The van der Waals surface area contributed by atoms with E-state index in [1.807, 2.05) is 0 Å². The summed E-state index contributed by atoms with van der Waals surface area (Å²) in [7, 11) is 1.34. The second kappa shape index (κ2) is 11.0. The summed E-state index contributed by atoms with van der Waals surface area (Å²) in [6, 6.07) is 6.92. The number of aromatic nitrogens is 2. The van der Waals surface area contributed by atoms with Crippen molar-refractivity contribution in [3.63, 3.8) is 0 Å². The highest BCUT2D eigenvalue weighted by molar-refractivity contribution is 8.00. The summed E-state index contributed by atoms with van der Waals surface area (Å²) in [5.41, 5.74) is -6.61. The van der Waals surface area contributed by atoms with Gasteiger partial charge in [-0.3, -0.25) is 0 Å². The summed E-state index contributed by atoms with van der Waals surface area (Å²) in [5.74, 6) is -0.484. The average Bonchev–Trinajstić information content (AvgIpc) is 3.11. The van der Waals surface area contributed by atoms with Crippen molar-refractivity contribution in [2.75, 3.05) is 7.11 Å². The first-order valence-electron chi connectivity index (χ1n) is 9.68. The number of methoxy groups -OCH3 is 1. The van der Waals surface area contributed by atoms with Crippen molar-refractivity contribution in [3.8, 4) is 23.3 Å². The number of hydrogen-bond donors (Lipinski definition) is 1. The minimum Gasteiger partial charge on any atom is -0.504 e. The molecule has 0 radical (unpaired) electrons. The number of allylic oxidation sites excluding steroid dienone is 1. The molecule has 0 unspecified atom stereocenters. The summed E-state index contributed by atoms with van der Waals surface area (Å²) in [6.07, 6.45) is -0.923. The van der Waals surface area contributed by atoms with Crippen molar-refractivity contribution in [1.82, 2.24) is 9.78 Å². The van der Waals surface area contributed by atoms with Gasteiger partial charge in [-0.1, -0.05) is 35.3 Å². The molecule has 1 N–H and O–H groups in total. The van der Waals surface area contributed by atoms with Crippen LogP contribution in [0, 0.1) is 11.3 Å². The zero-order chi connectivity index (χ0) is 27.5. The molecule has 1 heterocycles. The van der Waals surface area contributed by atoms with E-state index in [1.54, 1.807) is 0 Å². The SMILES string of the molecule is COc1cc(C=CC=Nc2c(SC(F)(F)F)c(C#N)nn2-c2c(Cl)cc(C(F)(F)F)cc2Cl)ccc1O. The summed E-state index contributed by atoms with van der Waals surface area (Å²) >= 11 is 11.3. The van der Waals surface area contributed by atoms with Crippen LogP contribution in [-0.4, -0.2) is 33.7 Å². The first-order chi connectivity index (χ1) is 17.2. The Kier molecular flexibility index (Phi) is 8.36. The highest BCUT2D eigenvalue weighted by Crippen LogP contribution is 2.46. The van der Waals surface area contributed by atoms with Crippen molar-refractivity contribution >= 4 is 53.1 Å². The molecule has 0 saturated carbocycles. The number of aliphatic imine (C=N–C) groups is 1. The normalized spacial score (nSPS) is 12.4. The number of nitriles is 1. The van der Waals surface area contributed by atoms with Gasteiger partial charge in [-0.05, 0) is 47.7 Å². The number of phenolic OH excluding ortho intramolecular Hbond substituents is 1. The van der Waals surface area contributed by atoms with Crippen LogP contribution >= 0.6 is 35.0 Å². The van der Waals surface area contributed by atoms with E-state index in [4.69, 9.17) is 27.9 Å². The maximum atomic E-state index is 13.2. The lowest BCUT2D eigenvalue weighted by molar-refractivity contribution is -0.137. The minimum atomic E-state index is -4.85. The summed E-state index contributed by atoms with van der Waals surface area (Å²) < 4.78 is 84.8. The van der Waals surface area contributed by atoms with E-state index in [9.17, 15) is 36.7 Å². The van der Waals surface area contributed by atoms with Gasteiger partial charge in [-0.15, -0.1) is 0 Å². The minimum absolute atomic E-state index is 0.111. The zero-order valence-corrected chi connectivity index (χ0v) is 20.5. The summed E-state index contributed by atoms with van der Waals surface area (Å²) in [6.45, 7) is 0. The van der Waals surface area contributed by atoms with E-state index in [1.165, 1.54) is 43.5 Å². The summed E-state index contributed by atoms with van der Waals surface area (Å²) in [5, 5.41) is 21.6. The van der Waals surface area contributed by atoms with Gasteiger partial charge in [0.25, 0.3) is 0 Å². The van der Waals surface area contributed by atoms with Crippen LogP contribution in [0.25, 0.3) is 11.8 Å². The molecule has 194 valence electrons. The zero-order valence-electron chi connectivity index (χ0n) is 18.2. The van der Waals surface area contributed by atoms with Gasteiger partial charge in [0.2, 0.25) is 0 Å². The molecule has 1 aromatic heterocycles. The number of nitrogens with zero attached hydrogens (tertiary/aromatic N) is 4. The number of halogens is 8.